The van der Waals surface area contributed by atoms with Crippen LogP contribution in [0.15, 0.2) is 35.3 Å². The van der Waals surface area contributed by atoms with Gasteiger partial charge in [-0.15, -0.1) is 0 Å². The smallest absolute Gasteiger partial charge is 0.756 e. The molecule has 5 atom stereocenters. The number of aromatic nitrogens is 3. The van der Waals surface area contributed by atoms with Crippen molar-refractivity contribution >= 4 is 24.7 Å². The predicted octanol–water partition coefficient (Wildman–Crippen LogP) is -3.63. The number of phosphoric acid groups is 1. The zero-order valence-corrected chi connectivity index (χ0v) is 18.0. The summed E-state index contributed by atoms with van der Waals surface area (Å²) in [6.07, 6.45) is -0.963. The fourth-order valence-corrected chi connectivity index (χ4v) is 3.52. The molecule has 1 aliphatic rings. The predicted molar refractivity (Wildman–Crippen MR) is 91.3 cm³/mol. The molecule has 4 heterocycles. The summed E-state index contributed by atoms with van der Waals surface area (Å²) >= 11 is 0. The summed E-state index contributed by atoms with van der Waals surface area (Å²) in [5, 5.41) is 21.1. The van der Waals surface area contributed by atoms with Crippen molar-refractivity contribution < 1.29 is 67.8 Å². The number of rotatable bonds is 5. The standard InChI is InChI=1S/C15H17N4O8P.Na/c16-13-10-7(8-2-1-3-25-8)4-19(14(10)18-6-17-13)15-12(21)11(20)9(27-15)5-26-28(22,23)24;/h1-4,6,9,11-12,15,20-21H,5H2,(H2,16,17,18)(H2,22,23,24);/q;+1/p-1/t9-,11-,12-,15-;/m1./s1. The van der Waals surface area contributed by atoms with Crippen LogP contribution in [0.2, 0.25) is 0 Å². The van der Waals surface area contributed by atoms with Crippen LogP contribution in [0, 0.1) is 0 Å². The summed E-state index contributed by atoms with van der Waals surface area (Å²) in [5.41, 5.74) is 6.84. The van der Waals surface area contributed by atoms with E-state index in [-0.39, 0.29) is 35.4 Å². The third-order valence-corrected chi connectivity index (χ3v) is 4.91. The second kappa shape index (κ2) is 8.44. The number of nitrogens with two attached hydrogens (primary N) is 1. The largest absolute Gasteiger partial charge is 1.00 e. The van der Waals surface area contributed by atoms with Crippen LogP contribution in [0.5, 0.6) is 0 Å². The summed E-state index contributed by atoms with van der Waals surface area (Å²) < 4.78 is 27.5. The van der Waals surface area contributed by atoms with Crippen LogP contribution < -0.4 is 40.2 Å². The maximum atomic E-state index is 10.8. The molecular formula is C15H16N4NaO8P. The minimum absolute atomic E-state index is 0. The molecule has 1 aliphatic heterocycles. The molecule has 1 saturated heterocycles. The van der Waals surface area contributed by atoms with Gasteiger partial charge in [0.15, 0.2) is 6.23 Å². The van der Waals surface area contributed by atoms with Gasteiger partial charge in [-0.1, -0.05) is 0 Å². The normalized spacial score (nSPS) is 26.3. The fourth-order valence-electron chi connectivity index (χ4n) is 3.19. The van der Waals surface area contributed by atoms with E-state index in [9.17, 15) is 19.7 Å². The van der Waals surface area contributed by atoms with Gasteiger partial charge >= 0.3 is 29.6 Å². The number of hydrogen-bond acceptors (Lipinski definition) is 10. The van der Waals surface area contributed by atoms with E-state index < -0.39 is 39.0 Å². The summed E-state index contributed by atoms with van der Waals surface area (Å²) in [5.74, 6) is 0.654. The van der Waals surface area contributed by atoms with Gasteiger partial charge in [-0.05, 0) is 12.1 Å². The Morgan fingerprint density at radius 3 is 2.76 bits per heavy atom. The van der Waals surface area contributed by atoms with Crippen molar-refractivity contribution in [1.29, 1.82) is 0 Å². The molecule has 0 saturated carbocycles. The monoisotopic (exact) mass is 434 g/mol. The minimum atomic E-state index is -5.01. The number of anilines is 1. The molecule has 4 rings (SSSR count). The molecule has 0 bridgehead atoms. The topological polar surface area (TPSA) is 189 Å². The van der Waals surface area contributed by atoms with E-state index in [1.54, 1.807) is 18.3 Å². The van der Waals surface area contributed by atoms with Crippen molar-refractivity contribution in [3.05, 3.63) is 30.9 Å². The molecule has 14 heteroatoms. The first kappa shape index (κ1) is 22.4. The van der Waals surface area contributed by atoms with Gasteiger partial charge < -0.3 is 44.0 Å². The molecule has 150 valence electrons. The Morgan fingerprint density at radius 2 is 2.10 bits per heavy atom. The van der Waals surface area contributed by atoms with Gasteiger partial charge in [0.1, 0.15) is 41.9 Å². The number of furan rings is 1. The van der Waals surface area contributed by atoms with Crippen molar-refractivity contribution in [2.45, 2.75) is 24.5 Å². The molecule has 3 aromatic rings. The Labute approximate surface area is 185 Å². The average Bonchev–Trinajstić information content (AvgIpc) is 3.33. The van der Waals surface area contributed by atoms with Crippen LogP contribution in [0.4, 0.5) is 5.82 Å². The van der Waals surface area contributed by atoms with Gasteiger partial charge in [-0.25, -0.2) is 9.97 Å². The molecule has 0 amide bonds. The summed E-state index contributed by atoms with van der Waals surface area (Å²) in [4.78, 5) is 27.7. The second-order valence-electron chi connectivity index (χ2n) is 6.20. The van der Waals surface area contributed by atoms with E-state index in [1.165, 1.54) is 17.2 Å². The zero-order chi connectivity index (χ0) is 20.1. The van der Waals surface area contributed by atoms with Crippen LogP contribution in [0.3, 0.4) is 0 Å². The van der Waals surface area contributed by atoms with Crippen LogP contribution in [0.25, 0.3) is 22.4 Å². The number of aliphatic hydroxyl groups is 2. The van der Waals surface area contributed by atoms with Gasteiger partial charge in [0.05, 0.1) is 18.3 Å². The molecule has 3 aromatic heterocycles. The molecule has 0 aliphatic carbocycles. The SMILES string of the molecule is Nc1ncnc2c1c(-c1ccco1)cn2[C@@H]1O[C@H](COP(=O)([O-])O)[C@@H](O)[C@H]1O.[Na+]. The first-order valence-corrected chi connectivity index (χ1v) is 9.60. The van der Waals surface area contributed by atoms with Crippen LogP contribution in [-0.2, 0) is 13.8 Å². The number of nitrogens with zero attached hydrogens (tertiary/aromatic N) is 3. The molecule has 1 unspecified atom stereocenters. The molecule has 12 nitrogen and oxygen atoms in total. The Hall–Kier alpha value is -1.31. The Morgan fingerprint density at radius 1 is 1.34 bits per heavy atom. The number of ether oxygens (including phenoxy) is 1. The Kier molecular flexibility index (Phi) is 6.51. The second-order valence-corrected chi connectivity index (χ2v) is 7.39. The van der Waals surface area contributed by atoms with E-state index in [0.29, 0.717) is 22.4 Å². The molecule has 0 spiro atoms. The molecule has 29 heavy (non-hydrogen) atoms. The quantitative estimate of drug-likeness (QED) is 0.229. The van der Waals surface area contributed by atoms with E-state index in [0.717, 1.165) is 0 Å². The average molecular weight is 434 g/mol. The van der Waals surface area contributed by atoms with Gasteiger partial charge in [0.2, 0.25) is 0 Å². The van der Waals surface area contributed by atoms with Crippen molar-refractivity contribution in [3.8, 4) is 11.3 Å². The number of hydrogen-bond donors (Lipinski definition) is 4. The van der Waals surface area contributed by atoms with Crippen molar-refractivity contribution in [2.75, 3.05) is 12.3 Å². The van der Waals surface area contributed by atoms with E-state index in [4.69, 9.17) is 19.8 Å². The van der Waals surface area contributed by atoms with E-state index in [1.807, 2.05) is 0 Å². The number of phosphoric ester groups is 1. The van der Waals surface area contributed by atoms with Crippen molar-refractivity contribution in [1.82, 2.24) is 14.5 Å². The van der Waals surface area contributed by atoms with Gasteiger partial charge in [0, 0.05) is 11.8 Å². The van der Waals surface area contributed by atoms with Crippen LogP contribution >= 0.6 is 7.82 Å². The summed E-state index contributed by atoms with van der Waals surface area (Å²) in [6.45, 7) is -0.673. The van der Waals surface area contributed by atoms with Gasteiger partial charge in [-0.2, -0.15) is 0 Å². The number of fused-ring (bicyclic) bond motifs is 1. The zero-order valence-electron chi connectivity index (χ0n) is 15.2. The number of nitrogen functional groups attached to an aromatic ring is 1. The Balaban J connectivity index is 0.00000240. The van der Waals surface area contributed by atoms with E-state index >= 15 is 0 Å². The Bertz CT molecular complexity index is 1040. The first-order chi connectivity index (χ1) is 13.3. The third-order valence-electron chi connectivity index (χ3n) is 4.44. The van der Waals surface area contributed by atoms with Crippen LogP contribution in [0.1, 0.15) is 6.23 Å². The number of aliphatic hydroxyl groups excluding tert-OH is 2. The maximum absolute atomic E-state index is 10.8. The molecule has 5 N–H and O–H groups in total. The molecule has 0 radical (unpaired) electrons. The van der Waals surface area contributed by atoms with Gasteiger partial charge in [-0.3, -0.25) is 4.57 Å². The van der Waals surface area contributed by atoms with E-state index in [2.05, 4.69) is 14.5 Å². The third kappa shape index (κ3) is 4.28. The molecular weight excluding hydrogens is 418 g/mol. The summed E-state index contributed by atoms with van der Waals surface area (Å²) in [6, 6.07) is 3.39. The van der Waals surface area contributed by atoms with Crippen molar-refractivity contribution in [2.24, 2.45) is 0 Å². The van der Waals surface area contributed by atoms with Crippen LogP contribution in [-0.4, -0.2) is 54.6 Å². The molecule has 0 aromatic carbocycles. The fraction of sp³-hybridized carbons (Fsp3) is 0.333. The minimum Gasteiger partial charge on any atom is -0.756 e. The maximum Gasteiger partial charge on any atom is 1.00 e. The first-order valence-electron chi connectivity index (χ1n) is 8.11. The van der Waals surface area contributed by atoms with Gasteiger partial charge in [0.25, 0.3) is 7.82 Å². The molecule has 1 fully saturated rings. The van der Waals surface area contributed by atoms with Crippen molar-refractivity contribution in [3.63, 3.8) is 0 Å². The summed E-state index contributed by atoms with van der Waals surface area (Å²) in [7, 11) is -5.01.